The fourth-order valence-electron chi connectivity index (χ4n) is 2.52. The number of fused-ring (bicyclic) bond motifs is 1. The summed E-state index contributed by atoms with van der Waals surface area (Å²) in [5.41, 5.74) is 0.694. The zero-order valence-electron chi connectivity index (χ0n) is 10.8. The van der Waals surface area contributed by atoms with Gasteiger partial charge in [-0.25, -0.2) is 9.78 Å². The minimum Gasteiger partial charge on any atom is -0.394 e. The number of ether oxygens (including phenoxy) is 1. The van der Waals surface area contributed by atoms with E-state index < -0.39 is 37.2 Å². The lowest BCUT2D eigenvalue weighted by Gasteiger charge is -2.32. The number of aromatic nitrogens is 2. The number of carbonyl (C=O) groups excluding carboxylic acids is 1. The Labute approximate surface area is 114 Å². The number of rotatable bonds is 2. The molecule has 2 aliphatic rings. The molecule has 0 spiro atoms. The van der Waals surface area contributed by atoms with E-state index in [0.29, 0.717) is 17.3 Å². The first-order valence-corrected chi connectivity index (χ1v) is 6.27. The van der Waals surface area contributed by atoms with E-state index >= 15 is 0 Å². The SMILES string of the molecule is Cc1nc2c([nH]1)CN([C@@H]1O[C@H](CO)[C@@H](O)[C@H]1O)C(=O)N2. The van der Waals surface area contributed by atoms with Crippen LogP contribution in [-0.2, 0) is 11.3 Å². The number of urea groups is 1. The lowest BCUT2D eigenvalue weighted by atomic mass is 10.1. The van der Waals surface area contributed by atoms with Gasteiger partial charge in [0.1, 0.15) is 24.1 Å². The Hall–Kier alpha value is -1.68. The molecule has 110 valence electrons. The Bertz CT molecular complexity index is 533. The van der Waals surface area contributed by atoms with Crippen LogP contribution < -0.4 is 5.32 Å². The molecule has 0 bridgehead atoms. The van der Waals surface area contributed by atoms with E-state index in [2.05, 4.69) is 15.3 Å². The fourth-order valence-corrected chi connectivity index (χ4v) is 2.52. The zero-order valence-corrected chi connectivity index (χ0v) is 10.8. The van der Waals surface area contributed by atoms with Gasteiger partial charge in [-0.3, -0.25) is 10.2 Å². The molecule has 0 aromatic carbocycles. The Morgan fingerprint density at radius 2 is 2.20 bits per heavy atom. The number of amides is 2. The van der Waals surface area contributed by atoms with Crippen molar-refractivity contribution in [3.8, 4) is 0 Å². The van der Waals surface area contributed by atoms with Crippen molar-refractivity contribution in [2.75, 3.05) is 11.9 Å². The summed E-state index contributed by atoms with van der Waals surface area (Å²) >= 11 is 0. The van der Waals surface area contributed by atoms with Gasteiger partial charge in [0.15, 0.2) is 12.0 Å². The van der Waals surface area contributed by atoms with Crippen LogP contribution in [-0.4, -0.2) is 67.4 Å². The summed E-state index contributed by atoms with van der Waals surface area (Å²) in [6, 6.07) is -0.473. The van der Waals surface area contributed by atoms with E-state index in [0.717, 1.165) is 0 Å². The molecule has 5 N–H and O–H groups in total. The molecule has 9 nitrogen and oxygen atoms in total. The first-order chi connectivity index (χ1) is 9.51. The second kappa shape index (κ2) is 4.70. The highest BCUT2D eigenvalue weighted by atomic mass is 16.6. The molecule has 2 aliphatic heterocycles. The number of aliphatic hydroxyl groups excluding tert-OH is 3. The molecule has 1 aromatic heterocycles. The highest BCUT2D eigenvalue weighted by Crippen LogP contribution is 2.29. The van der Waals surface area contributed by atoms with E-state index in [1.165, 1.54) is 4.90 Å². The van der Waals surface area contributed by atoms with Crippen molar-refractivity contribution >= 4 is 11.8 Å². The van der Waals surface area contributed by atoms with E-state index in [1.54, 1.807) is 6.92 Å². The first kappa shape index (κ1) is 13.3. The summed E-state index contributed by atoms with van der Waals surface area (Å²) in [5, 5.41) is 31.3. The largest absolute Gasteiger partial charge is 0.394 e. The van der Waals surface area contributed by atoms with Gasteiger partial charge >= 0.3 is 6.03 Å². The predicted molar refractivity (Wildman–Crippen MR) is 65.6 cm³/mol. The second-order valence-corrected chi connectivity index (χ2v) is 4.94. The average molecular weight is 284 g/mol. The zero-order chi connectivity index (χ0) is 14.4. The van der Waals surface area contributed by atoms with Crippen molar-refractivity contribution in [1.82, 2.24) is 14.9 Å². The quantitative estimate of drug-likeness (QED) is 0.449. The standard InChI is InChI=1S/C11H16N4O5/c1-4-12-5-2-15(11(19)14-9(5)13-4)10-8(18)7(17)6(3-16)20-10/h6-8,10,16-18H,2-3H2,1H3,(H,12,13)(H,14,19)/t6-,7-,8-,10-/m1/s1. The molecular formula is C11H16N4O5. The molecule has 0 radical (unpaired) electrons. The molecule has 9 heteroatoms. The fraction of sp³-hybridized carbons (Fsp3) is 0.636. The molecule has 2 amide bonds. The van der Waals surface area contributed by atoms with Gasteiger partial charge < -0.3 is 25.0 Å². The lowest BCUT2D eigenvalue weighted by molar-refractivity contribution is -0.0811. The van der Waals surface area contributed by atoms with Crippen LogP contribution in [0, 0.1) is 6.92 Å². The summed E-state index contributed by atoms with van der Waals surface area (Å²) in [5.74, 6) is 1.12. The van der Waals surface area contributed by atoms with E-state index in [1.807, 2.05) is 0 Å². The number of anilines is 1. The minimum atomic E-state index is -1.27. The predicted octanol–water partition coefficient (Wildman–Crippen LogP) is -1.50. The molecule has 4 atom stereocenters. The lowest BCUT2D eigenvalue weighted by Crippen LogP contribution is -2.50. The van der Waals surface area contributed by atoms with Gasteiger partial charge in [0.25, 0.3) is 0 Å². The minimum absolute atomic E-state index is 0.175. The van der Waals surface area contributed by atoms with E-state index in [9.17, 15) is 15.0 Å². The third-order valence-electron chi connectivity index (χ3n) is 3.54. The highest BCUT2D eigenvalue weighted by Gasteiger charge is 2.47. The third kappa shape index (κ3) is 1.95. The Morgan fingerprint density at radius 3 is 2.85 bits per heavy atom. The van der Waals surface area contributed by atoms with Crippen molar-refractivity contribution in [2.24, 2.45) is 0 Å². The third-order valence-corrected chi connectivity index (χ3v) is 3.54. The number of imidazole rings is 1. The second-order valence-electron chi connectivity index (χ2n) is 4.94. The van der Waals surface area contributed by atoms with Crippen molar-refractivity contribution in [3.05, 3.63) is 11.5 Å². The normalized spacial score (nSPS) is 33.2. The summed E-state index contributed by atoms with van der Waals surface area (Å²) in [6.45, 7) is 1.51. The van der Waals surface area contributed by atoms with Crippen LogP contribution in [0.4, 0.5) is 10.6 Å². The van der Waals surface area contributed by atoms with Crippen LogP contribution in [0.1, 0.15) is 11.5 Å². The van der Waals surface area contributed by atoms with E-state index in [-0.39, 0.29) is 6.54 Å². The van der Waals surface area contributed by atoms with Crippen LogP contribution in [0.15, 0.2) is 0 Å². The number of hydrogen-bond acceptors (Lipinski definition) is 6. The van der Waals surface area contributed by atoms with Gasteiger partial charge in [0, 0.05) is 0 Å². The number of nitrogens with zero attached hydrogens (tertiary/aromatic N) is 2. The van der Waals surface area contributed by atoms with Gasteiger partial charge in [-0.1, -0.05) is 0 Å². The molecule has 1 aromatic rings. The molecule has 0 aliphatic carbocycles. The molecule has 0 unspecified atom stereocenters. The molecule has 20 heavy (non-hydrogen) atoms. The average Bonchev–Trinajstić information content (AvgIpc) is 2.89. The van der Waals surface area contributed by atoms with Crippen molar-refractivity contribution in [1.29, 1.82) is 0 Å². The smallest absolute Gasteiger partial charge is 0.325 e. The number of nitrogens with one attached hydrogen (secondary N) is 2. The summed E-state index contributed by atoms with van der Waals surface area (Å²) in [6.07, 6.45) is -4.43. The number of aliphatic hydroxyl groups is 3. The van der Waals surface area contributed by atoms with Crippen LogP contribution in [0.3, 0.4) is 0 Å². The van der Waals surface area contributed by atoms with Gasteiger partial charge in [-0.15, -0.1) is 0 Å². The number of H-pyrrole nitrogens is 1. The number of aryl methyl sites for hydroxylation is 1. The van der Waals surface area contributed by atoms with Gasteiger partial charge in [0.2, 0.25) is 0 Å². The maximum absolute atomic E-state index is 12.0. The maximum atomic E-state index is 12.0. The number of carbonyl (C=O) groups is 1. The summed E-state index contributed by atoms with van der Waals surface area (Å²) < 4.78 is 5.35. The van der Waals surface area contributed by atoms with Crippen LogP contribution in [0.25, 0.3) is 0 Å². The van der Waals surface area contributed by atoms with Gasteiger partial charge in [-0.05, 0) is 6.92 Å². The first-order valence-electron chi connectivity index (χ1n) is 6.27. The Balaban J connectivity index is 1.83. The number of hydrogen-bond donors (Lipinski definition) is 5. The molecule has 1 fully saturated rings. The van der Waals surface area contributed by atoms with Crippen molar-refractivity contribution in [2.45, 2.75) is 38.0 Å². The Kier molecular flexibility index (Phi) is 3.13. The molecule has 3 rings (SSSR count). The topological polar surface area (TPSA) is 131 Å². The van der Waals surface area contributed by atoms with Gasteiger partial charge in [-0.2, -0.15) is 0 Å². The highest BCUT2D eigenvalue weighted by molar-refractivity contribution is 5.91. The van der Waals surface area contributed by atoms with Crippen LogP contribution in [0.2, 0.25) is 0 Å². The monoisotopic (exact) mass is 284 g/mol. The molecular weight excluding hydrogens is 268 g/mol. The summed E-state index contributed by atoms with van der Waals surface area (Å²) in [7, 11) is 0. The van der Waals surface area contributed by atoms with Gasteiger partial charge in [0.05, 0.1) is 18.8 Å². The van der Waals surface area contributed by atoms with Crippen LogP contribution >= 0.6 is 0 Å². The molecule has 3 heterocycles. The maximum Gasteiger partial charge on any atom is 0.325 e. The van der Waals surface area contributed by atoms with Crippen molar-refractivity contribution < 1.29 is 24.9 Å². The molecule has 1 saturated heterocycles. The van der Waals surface area contributed by atoms with E-state index in [4.69, 9.17) is 9.84 Å². The molecule has 0 saturated carbocycles. The summed E-state index contributed by atoms with van der Waals surface area (Å²) in [4.78, 5) is 20.4. The number of aromatic amines is 1. The Morgan fingerprint density at radius 1 is 1.45 bits per heavy atom. The van der Waals surface area contributed by atoms with Crippen LogP contribution in [0.5, 0.6) is 0 Å². The van der Waals surface area contributed by atoms with Crippen molar-refractivity contribution in [3.63, 3.8) is 0 Å².